The highest BCUT2D eigenvalue weighted by atomic mass is 79.9. The molecule has 0 saturated heterocycles. The lowest BCUT2D eigenvalue weighted by Crippen LogP contribution is -1.96. The molecule has 1 aromatic carbocycles. The number of pyridine rings is 1. The van der Waals surface area contributed by atoms with E-state index in [9.17, 15) is 14.9 Å². The van der Waals surface area contributed by atoms with Gasteiger partial charge in [0.1, 0.15) is 4.47 Å². The van der Waals surface area contributed by atoms with Gasteiger partial charge in [0, 0.05) is 23.4 Å². The standard InChI is InChI=1S/C13H9BrN2O4/c1-8-5-9(7-17)6-15-13(8)20-11-4-2-3-10(12(11)14)16(18)19/h2-7H,1H3. The summed E-state index contributed by atoms with van der Waals surface area (Å²) in [6, 6.07) is 6.10. The number of aromatic nitrogens is 1. The van der Waals surface area contributed by atoms with Gasteiger partial charge in [0.05, 0.1) is 4.92 Å². The van der Waals surface area contributed by atoms with Gasteiger partial charge in [0.2, 0.25) is 5.88 Å². The van der Waals surface area contributed by atoms with Crippen LogP contribution in [0, 0.1) is 17.0 Å². The van der Waals surface area contributed by atoms with Crippen molar-refractivity contribution < 1.29 is 14.5 Å². The first-order valence-electron chi connectivity index (χ1n) is 5.55. The summed E-state index contributed by atoms with van der Waals surface area (Å²) >= 11 is 3.14. The van der Waals surface area contributed by atoms with Gasteiger partial charge >= 0.3 is 0 Å². The van der Waals surface area contributed by atoms with Gasteiger partial charge in [-0.15, -0.1) is 0 Å². The lowest BCUT2D eigenvalue weighted by molar-refractivity contribution is -0.385. The Kier molecular flexibility index (Phi) is 4.09. The SMILES string of the molecule is Cc1cc(C=O)cnc1Oc1cccc([N+](=O)[O-])c1Br. The molecular weight excluding hydrogens is 328 g/mol. The molecule has 0 amide bonds. The fraction of sp³-hybridized carbons (Fsp3) is 0.0769. The van der Waals surface area contributed by atoms with Crippen molar-refractivity contribution in [1.82, 2.24) is 4.98 Å². The molecule has 1 heterocycles. The molecule has 0 aliphatic carbocycles. The molecule has 0 spiro atoms. The molecule has 102 valence electrons. The van der Waals surface area contributed by atoms with Gasteiger partial charge in [-0.3, -0.25) is 14.9 Å². The summed E-state index contributed by atoms with van der Waals surface area (Å²) in [4.78, 5) is 25.0. The van der Waals surface area contributed by atoms with Crippen LogP contribution in [0.1, 0.15) is 15.9 Å². The van der Waals surface area contributed by atoms with Crippen LogP contribution < -0.4 is 4.74 Å². The van der Waals surface area contributed by atoms with Gasteiger partial charge in [0.15, 0.2) is 12.0 Å². The van der Waals surface area contributed by atoms with E-state index in [-0.39, 0.29) is 21.8 Å². The smallest absolute Gasteiger partial charge is 0.287 e. The topological polar surface area (TPSA) is 82.3 Å². The summed E-state index contributed by atoms with van der Waals surface area (Å²) in [5.41, 5.74) is 1.01. The van der Waals surface area contributed by atoms with E-state index in [1.807, 2.05) is 0 Å². The lowest BCUT2D eigenvalue weighted by atomic mass is 10.2. The van der Waals surface area contributed by atoms with Crippen molar-refractivity contribution >= 4 is 27.9 Å². The normalized spacial score (nSPS) is 10.1. The van der Waals surface area contributed by atoms with Crippen LogP contribution in [-0.2, 0) is 0 Å². The second-order valence-electron chi connectivity index (χ2n) is 3.96. The molecule has 7 heteroatoms. The number of ether oxygens (including phenoxy) is 1. The highest BCUT2D eigenvalue weighted by Gasteiger charge is 2.17. The number of benzene rings is 1. The van der Waals surface area contributed by atoms with Crippen molar-refractivity contribution in [2.75, 3.05) is 0 Å². The quantitative estimate of drug-likeness (QED) is 0.483. The Balaban J connectivity index is 2.38. The van der Waals surface area contributed by atoms with Crippen molar-refractivity contribution in [3.05, 3.63) is 56.2 Å². The van der Waals surface area contributed by atoms with Crippen molar-refractivity contribution in [3.8, 4) is 11.6 Å². The number of aldehydes is 1. The molecule has 0 radical (unpaired) electrons. The second-order valence-corrected chi connectivity index (χ2v) is 4.75. The molecule has 2 rings (SSSR count). The summed E-state index contributed by atoms with van der Waals surface area (Å²) in [5, 5.41) is 10.8. The average molecular weight is 337 g/mol. The molecule has 0 fully saturated rings. The number of nitrogens with zero attached hydrogens (tertiary/aromatic N) is 2. The zero-order valence-corrected chi connectivity index (χ0v) is 12.0. The third-order valence-corrected chi connectivity index (χ3v) is 3.33. The maximum absolute atomic E-state index is 10.8. The van der Waals surface area contributed by atoms with Gasteiger partial charge in [-0.05, 0) is 35.0 Å². The highest BCUT2D eigenvalue weighted by molar-refractivity contribution is 9.10. The van der Waals surface area contributed by atoms with Crippen molar-refractivity contribution in [3.63, 3.8) is 0 Å². The first-order chi connectivity index (χ1) is 9.52. The van der Waals surface area contributed by atoms with Gasteiger partial charge < -0.3 is 4.74 Å². The molecule has 0 bridgehead atoms. The van der Waals surface area contributed by atoms with Gasteiger partial charge in [0.25, 0.3) is 5.69 Å². The molecule has 0 aliphatic rings. The molecule has 2 aromatic rings. The number of carbonyl (C=O) groups excluding carboxylic acids is 1. The fourth-order valence-electron chi connectivity index (χ4n) is 1.58. The molecule has 0 aliphatic heterocycles. The minimum Gasteiger partial charge on any atom is -0.437 e. The first kappa shape index (κ1) is 14.1. The Morgan fingerprint density at radius 1 is 1.45 bits per heavy atom. The summed E-state index contributed by atoms with van der Waals surface area (Å²) in [5.74, 6) is 0.574. The lowest BCUT2D eigenvalue weighted by Gasteiger charge is -2.09. The minimum atomic E-state index is -0.507. The van der Waals surface area contributed by atoms with Crippen LogP contribution in [0.3, 0.4) is 0 Å². The van der Waals surface area contributed by atoms with Gasteiger partial charge in [-0.2, -0.15) is 0 Å². The summed E-state index contributed by atoms with van der Waals surface area (Å²) in [6.45, 7) is 1.74. The van der Waals surface area contributed by atoms with Crippen molar-refractivity contribution in [2.24, 2.45) is 0 Å². The number of rotatable bonds is 4. The number of nitro benzene ring substituents is 1. The van der Waals surface area contributed by atoms with Crippen LogP contribution in [0.15, 0.2) is 34.9 Å². The zero-order chi connectivity index (χ0) is 14.7. The third-order valence-electron chi connectivity index (χ3n) is 2.53. The van der Waals surface area contributed by atoms with Crippen LogP contribution in [0.25, 0.3) is 0 Å². The molecular formula is C13H9BrN2O4. The maximum atomic E-state index is 10.8. The monoisotopic (exact) mass is 336 g/mol. The molecule has 0 N–H and O–H groups in total. The summed E-state index contributed by atoms with van der Waals surface area (Å²) < 4.78 is 5.79. The van der Waals surface area contributed by atoms with Gasteiger partial charge in [-0.1, -0.05) is 6.07 Å². The predicted octanol–water partition coefficient (Wildman–Crippen LogP) is 3.67. The fourth-order valence-corrected chi connectivity index (χ4v) is 2.07. The van der Waals surface area contributed by atoms with Crippen LogP contribution in [0.5, 0.6) is 11.6 Å². The Labute approximate surface area is 122 Å². The maximum Gasteiger partial charge on any atom is 0.287 e. The van der Waals surface area contributed by atoms with E-state index in [4.69, 9.17) is 4.74 Å². The van der Waals surface area contributed by atoms with Crippen LogP contribution in [-0.4, -0.2) is 16.2 Å². The van der Waals surface area contributed by atoms with E-state index in [1.54, 1.807) is 19.1 Å². The van der Waals surface area contributed by atoms with Crippen LogP contribution in [0.4, 0.5) is 5.69 Å². The molecule has 6 nitrogen and oxygen atoms in total. The Morgan fingerprint density at radius 2 is 2.20 bits per heavy atom. The number of nitro groups is 1. The number of halogens is 1. The van der Waals surface area contributed by atoms with E-state index in [1.165, 1.54) is 18.3 Å². The molecule has 0 saturated carbocycles. The number of hydrogen-bond donors (Lipinski definition) is 0. The van der Waals surface area contributed by atoms with E-state index in [0.717, 1.165) is 0 Å². The van der Waals surface area contributed by atoms with E-state index < -0.39 is 4.92 Å². The van der Waals surface area contributed by atoms with Crippen LogP contribution >= 0.6 is 15.9 Å². The third kappa shape index (κ3) is 2.83. The number of hydrogen-bond acceptors (Lipinski definition) is 5. The van der Waals surface area contributed by atoms with Crippen molar-refractivity contribution in [2.45, 2.75) is 6.92 Å². The molecule has 0 atom stereocenters. The second kappa shape index (κ2) is 5.79. The molecule has 20 heavy (non-hydrogen) atoms. The largest absolute Gasteiger partial charge is 0.437 e. The number of carbonyl (C=O) groups is 1. The van der Waals surface area contributed by atoms with E-state index in [0.29, 0.717) is 17.4 Å². The van der Waals surface area contributed by atoms with Crippen molar-refractivity contribution in [1.29, 1.82) is 0 Å². The summed E-state index contributed by atoms with van der Waals surface area (Å²) in [6.07, 6.45) is 2.06. The predicted molar refractivity (Wildman–Crippen MR) is 75.2 cm³/mol. The average Bonchev–Trinajstić information content (AvgIpc) is 2.42. The Morgan fingerprint density at radius 3 is 2.80 bits per heavy atom. The Hall–Kier alpha value is -2.28. The Bertz CT molecular complexity index is 688. The van der Waals surface area contributed by atoms with Crippen LogP contribution in [0.2, 0.25) is 0 Å². The summed E-state index contributed by atoms with van der Waals surface area (Å²) in [7, 11) is 0. The van der Waals surface area contributed by atoms with Gasteiger partial charge in [-0.25, -0.2) is 4.98 Å². The molecule has 0 unspecified atom stereocenters. The number of aryl methyl sites for hydroxylation is 1. The van der Waals surface area contributed by atoms with E-state index >= 15 is 0 Å². The highest BCUT2D eigenvalue weighted by Crippen LogP contribution is 2.36. The minimum absolute atomic E-state index is 0.0929. The zero-order valence-electron chi connectivity index (χ0n) is 10.4. The van der Waals surface area contributed by atoms with E-state index in [2.05, 4.69) is 20.9 Å². The first-order valence-corrected chi connectivity index (χ1v) is 6.35. The molecule has 1 aromatic heterocycles.